The average molecular weight is 482 g/mol. The number of carbonyl (C=O) groups is 1. The summed E-state index contributed by atoms with van der Waals surface area (Å²) in [4.78, 5) is 22.7. The molecule has 0 unspecified atom stereocenters. The van der Waals surface area contributed by atoms with Gasteiger partial charge in [-0.05, 0) is 71.2 Å². The van der Waals surface area contributed by atoms with Crippen molar-refractivity contribution in [1.82, 2.24) is 19.5 Å². The Morgan fingerprint density at radius 1 is 1.20 bits per heavy atom. The highest BCUT2D eigenvalue weighted by Crippen LogP contribution is 2.33. The fourth-order valence-corrected chi connectivity index (χ4v) is 4.18. The number of rotatable bonds is 3. The maximum Gasteiger partial charge on any atom is 0.410 e. The third-order valence-electron chi connectivity index (χ3n) is 5.92. The molecule has 3 heterocycles. The number of ether oxygens (including phenoxy) is 1. The first-order valence-electron chi connectivity index (χ1n) is 11.7. The molecule has 1 aliphatic rings. The largest absolute Gasteiger partial charge is 0.444 e. The Labute approximate surface area is 204 Å². The van der Waals surface area contributed by atoms with Crippen molar-refractivity contribution >= 4 is 29.0 Å². The Hall–Kier alpha value is -3.69. The molecule has 0 atom stereocenters. The van der Waals surface area contributed by atoms with Gasteiger partial charge in [-0.25, -0.2) is 23.7 Å². The van der Waals surface area contributed by atoms with Crippen LogP contribution in [0.15, 0.2) is 29.4 Å². The van der Waals surface area contributed by atoms with E-state index in [0.29, 0.717) is 43.0 Å². The maximum atomic E-state index is 15.1. The van der Waals surface area contributed by atoms with Gasteiger partial charge in [0.2, 0.25) is 0 Å². The van der Waals surface area contributed by atoms with E-state index in [4.69, 9.17) is 16.2 Å². The number of aliphatic imine (C=N–C) groups is 1. The van der Waals surface area contributed by atoms with E-state index < -0.39 is 11.4 Å². The number of aromatic nitrogens is 3. The molecule has 186 valence electrons. The molecule has 0 spiro atoms. The van der Waals surface area contributed by atoms with Crippen LogP contribution in [0.2, 0.25) is 0 Å². The Morgan fingerprint density at radius 3 is 2.51 bits per heavy atom. The lowest BCUT2D eigenvalue weighted by atomic mass is 9.96. The quantitative estimate of drug-likeness (QED) is 0.325. The summed E-state index contributed by atoms with van der Waals surface area (Å²) in [5, 5.41) is 4.55. The number of nitrogen functional groups attached to an aromatic ring is 1. The molecule has 1 saturated heterocycles. The van der Waals surface area contributed by atoms with E-state index in [9.17, 15) is 4.79 Å². The highest BCUT2D eigenvalue weighted by atomic mass is 19.1. The number of amides is 1. The smallest absolute Gasteiger partial charge is 0.410 e. The molecule has 4 rings (SSSR count). The zero-order valence-corrected chi connectivity index (χ0v) is 20.8. The number of fused-ring (bicyclic) bond motifs is 1. The second kappa shape index (κ2) is 9.16. The molecule has 0 radical (unpaired) electrons. The van der Waals surface area contributed by atoms with Crippen LogP contribution in [0.5, 0.6) is 0 Å². The normalized spacial score (nSPS) is 15.6. The summed E-state index contributed by atoms with van der Waals surface area (Å²) in [5.74, 6) is -0.352. The molecule has 10 heteroatoms. The number of hydrogen-bond donors (Lipinski definition) is 2. The highest BCUT2D eigenvalue weighted by Gasteiger charge is 2.28. The fraction of sp³-hybridized carbons (Fsp3) is 0.440. The number of amidine groups is 1. The molecule has 35 heavy (non-hydrogen) atoms. The van der Waals surface area contributed by atoms with Gasteiger partial charge >= 0.3 is 6.09 Å². The van der Waals surface area contributed by atoms with E-state index in [0.717, 1.165) is 16.9 Å². The summed E-state index contributed by atoms with van der Waals surface area (Å²) in [7, 11) is 0. The molecule has 4 N–H and O–H groups in total. The third kappa shape index (κ3) is 5.36. The second-order valence-electron chi connectivity index (χ2n) is 10.0. The summed E-state index contributed by atoms with van der Waals surface area (Å²) >= 11 is 0. The van der Waals surface area contributed by atoms with Crippen LogP contribution in [-0.4, -0.2) is 50.1 Å². The number of piperidine rings is 1. The summed E-state index contributed by atoms with van der Waals surface area (Å²) in [6.07, 6.45) is 2.70. The number of hydrogen-bond acceptors (Lipinski definition) is 6. The molecule has 1 aromatic carbocycles. The predicted octanol–water partition coefficient (Wildman–Crippen LogP) is 4.37. The van der Waals surface area contributed by atoms with Crippen LogP contribution in [0.25, 0.3) is 16.9 Å². The monoisotopic (exact) mass is 481 g/mol. The summed E-state index contributed by atoms with van der Waals surface area (Å²) in [6.45, 7) is 10.3. The minimum Gasteiger partial charge on any atom is -0.444 e. The molecule has 0 saturated carbocycles. The molecule has 9 nitrogen and oxygen atoms in total. The molecule has 1 fully saturated rings. The zero-order chi connectivity index (χ0) is 25.5. The van der Waals surface area contributed by atoms with Crippen LogP contribution < -0.4 is 11.5 Å². The first-order chi connectivity index (χ1) is 16.4. The van der Waals surface area contributed by atoms with E-state index in [1.165, 1.54) is 6.07 Å². The van der Waals surface area contributed by atoms with Crippen molar-refractivity contribution in [2.45, 2.75) is 53.1 Å². The minimum absolute atomic E-state index is 0.0112. The van der Waals surface area contributed by atoms with Crippen molar-refractivity contribution < 1.29 is 13.9 Å². The van der Waals surface area contributed by atoms with E-state index in [2.05, 4.69) is 15.1 Å². The van der Waals surface area contributed by atoms with Gasteiger partial charge in [-0.3, -0.25) is 0 Å². The van der Waals surface area contributed by atoms with E-state index in [1.54, 1.807) is 15.5 Å². The van der Waals surface area contributed by atoms with E-state index in [1.807, 2.05) is 46.9 Å². The number of nitrogens with two attached hydrogens (primary N) is 2. The van der Waals surface area contributed by atoms with Gasteiger partial charge in [-0.2, -0.15) is 5.10 Å². The van der Waals surface area contributed by atoms with Gasteiger partial charge in [0.15, 0.2) is 11.5 Å². The predicted molar refractivity (Wildman–Crippen MR) is 134 cm³/mol. The van der Waals surface area contributed by atoms with Crippen molar-refractivity contribution in [3.63, 3.8) is 0 Å². The Kier molecular flexibility index (Phi) is 6.40. The van der Waals surface area contributed by atoms with Crippen LogP contribution in [0.4, 0.5) is 20.6 Å². The summed E-state index contributed by atoms with van der Waals surface area (Å²) < 4.78 is 22.2. The van der Waals surface area contributed by atoms with Crippen molar-refractivity contribution in [3.8, 4) is 11.3 Å². The Balaban J connectivity index is 1.51. The summed E-state index contributed by atoms with van der Waals surface area (Å²) in [6, 6.07) is 4.87. The first-order valence-corrected chi connectivity index (χ1v) is 11.7. The number of nitrogens with zero attached hydrogens (tertiary/aromatic N) is 5. The van der Waals surface area contributed by atoms with Gasteiger partial charge < -0.3 is 21.1 Å². The molecule has 3 aromatic rings. The number of carbonyl (C=O) groups excluding carboxylic acids is 1. The molecule has 1 aliphatic heterocycles. The third-order valence-corrected chi connectivity index (χ3v) is 5.92. The lowest BCUT2D eigenvalue weighted by Gasteiger charge is -2.33. The molecule has 1 amide bonds. The van der Waals surface area contributed by atoms with Gasteiger partial charge in [0.1, 0.15) is 17.1 Å². The van der Waals surface area contributed by atoms with Gasteiger partial charge in [-0.1, -0.05) is 0 Å². The number of benzene rings is 1. The summed E-state index contributed by atoms with van der Waals surface area (Å²) in [5.41, 5.74) is 15.7. The van der Waals surface area contributed by atoms with Gasteiger partial charge in [0.25, 0.3) is 0 Å². The van der Waals surface area contributed by atoms with E-state index in [-0.39, 0.29) is 23.4 Å². The van der Waals surface area contributed by atoms with Crippen LogP contribution in [-0.2, 0) is 4.74 Å². The number of aryl methyl sites for hydroxylation is 2. The maximum absolute atomic E-state index is 15.1. The van der Waals surface area contributed by atoms with Crippen molar-refractivity contribution in [3.05, 3.63) is 41.5 Å². The van der Waals surface area contributed by atoms with Crippen molar-refractivity contribution in [2.24, 2.45) is 16.6 Å². The minimum atomic E-state index is -0.574. The second-order valence-corrected chi connectivity index (χ2v) is 10.0. The van der Waals surface area contributed by atoms with Gasteiger partial charge in [0, 0.05) is 24.6 Å². The fourth-order valence-electron chi connectivity index (χ4n) is 4.18. The number of halogens is 1. The number of likely N-dealkylation sites (tertiary alicyclic amines) is 1. The van der Waals surface area contributed by atoms with Crippen molar-refractivity contribution in [1.29, 1.82) is 0 Å². The van der Waals surface area contributed by atoms with Crippen LogP contribution in [0, 0.1) is 25.6 Å². The first kappa shape index (κ1) is 24.4. The Morgan fingerprint density at radius 2 is 1.89 bits per heavy atom. The lowest BCUT2D eigenvalue weighted by Crippen LogP contribution is -2.44. The molecule has 0 bridgehead atoms. The SMILES string of the molecule is Cc1cn2nc(-c3cc(N)c(N=C(N)C4CCN(C(=O)OC(C)(C)C)CC4)c(F)c3)cc(C)c2n1. The molecule has 2 aromatic heterocycles. The zero-order valence-electron chi connectivity index (χ0n) is 20.8. The number of anilines is 1. The molecular weight excluding hydrogens is 449 g/mol. The average Bonchev–Trinajstić information content (AvgIpc) is 3.15. The van der Waals surface area contributed by atoms with Crippen LogP contribution >= 0.6 is 0 Å². The van der Waals surface area contributed by atoms with Crippen molar-refractivity contribution in [2.75, 3.05) is 18.8 Å². The topological polar surface area (TPSA) is 124 Å². The van der Waals surface area contributed by atoms with Crippen LogP contribution in [0.3, 0.4) is 0 Å². The van der Waals surface area contributed by atoms with E-state index >= 15 is 4.39 Å². The highest BCUT2D eigenvalue weighted by molar-refractivity contribution is 5.88. The Bertz CT molecular complexity index is 1280. The number of imidazole rings is 1. The molecular formula is C25H32FN7O2. The van der Waals surface area contributed by atoms with Gasteiger partial charge in [0.05, 0.1) is 23.3 Å². The molecule has 0 aliphatic carbocycles. The lowest BCUT2D eigenvalue weighted by molar-refractivity contribution is 0.0201. The van der Waals surface area contributed by atoms with Crippen LogP contribution in [0.1, 0.15) is 44.9 Å². The van der Waals surface area contributed by atoms with Gasteiger partial charge in [-0.15, -0.1) is 0 Å². The standard InChI is InChI=1S/C25H32FN7O2/c1-14-10-20(31-33-13-15(2)29-23(14)33)17-11-18(26)21(19(27)12-17)30-22(28)16-6-8-32(9-7-16)24(34)35-25(3,4)5/h10-13,16H,6-9,27H2,1-5H3,(H2,28,30).